The first-order valence-corrected chi connectivity index (χ1v) is 10.4. The zero-order valence-electron chi connectivity index (χ0n) is 15.0. The zero-order chi connectivity index (χ0) is 16.4. The van der Waals surface area contributed by atoms with Crippen molar-refractivity contribution >= 4 is 5.91 Å². The summed E-state index contributed by atoms with van der Waals surface area (Å²) < 4.78 is 5.61. The van der Waals surface area contributed by atoms with Crippen LogP contribution in [0.4, 0.5) is 0 Å². The summed E-state index contributed by atoms with van der Waals surface area (Å²) in [6.45, 7) is 4.25. The van der Waals surface area contributed by atoms with E-state index in [1.807, 2.05) is 0 Å². The maximum Gasteiger partial charge on any atom is 0.220 e. The highest BCUT2D eigenvalue weighted by molar-refractivity contribution is 5.76. The van der Waals surface area contributed by atoms with Gasteiger partial charge >= 0.3 is 0 Å². The van der Waals surface area contributed by atoms with Crippen LogP contribution in [0.2, 0.25) is 0 Å². The van der Waals surface area contributed by atoms with E-state index in [9.17, 15) is 4.79 Å². The smallest absolute Gasteiger partial charge is 0.220 e. The van der Waals surface area contributed by atoms with Gasteiger partial charge in [0.25, 0.3) is 0 Å². The lowest BCUT2D eigenvalue weighted by atomic mass is 9.70. The Bertz CT molecular complexity index is 403. The molecule has 2 N–H and O–H groups in total. The number of carbonyl (C=O) groups is 1. The molecule has 2 heterocycles. The molecule has 2 saturated carbocycles. The van der Waals surface area contributed by atoms with E-state index >= 15 is 0 Å². The van der Waals surface area contributed by atoms with Crippen molar-refractivity contribution in [3.63, 3.8) is 0 Å². The lowest BCUT2D eigenvalue weighted by Crippen LogP contribution is -2.44. The van der Waals surface area contributed by atoms with E-state index in [1.165, 1.54) is 58.0 Å². The summed E-state index contributed by atoms with van der Waals surface area (Å²) in [5.74, 6) is 4.23. The Morgan fingerprint density at radius 3 is 2.79 bits per heavy atom. The normalized spacial score (nSPS) is 42.7. The van der Waals surface area contributed by atoms with Crippen molar-refractivity contribution in [2.45, 2.75) is 63.8 Å². The van der Waals surface area contributed by atoms with Crippen molar-refractivity contribution in [2.24, 2.45) is 29.6 Å². The molecule has 1 amide bonds. The van der Waals surface area contributed by atoms with Crippen molar-refractivity contribution in [1.82, 2.24) is 10.6 Å². The lowest BCUT2D eigenvalue weighted by molar-refractivity contribution is -0.124. The number of fused-ring (bicyclic) bond motifs is 2. The highest BCUT2D eigenvalue weighted by Gasteiger charge is 2.35. The fourth-order valence-corrected chi connectivity index (χ4v) is 5.86. The van der Waals surface area contributed by atoms with Crippen LogP contribution >= 0.6 is 0 Å². The minimum Gasteiger partial charge on any atom is -0.381 e. The molecule has 0 bridgehead atoms. The molecule has 6 atom stereocenters. The summed E-state index contributed by atoms with van der Waals surface area (Å²) >= 11 is 0. The van der Waals surface area contributed by atoms with Gasteiger partial charge in [0.15, 0.2) is 0 Å². The van der Waals surface area contributed by atoms with Gasteiger partial charge in [-0.25, -0.2) is 0 Å². The molecule has 4 fully saturated rings. The Hall–Kier alpha value is -0.610. The second-order valence-electron chi connectivity index (χ2n) is 8.86. The van der Waals surface area contributed by atoms with Crippen molar-refractivity contribution in [3.8, 4) is 0 Å². The number of carbonyl (C=O) groups excluding carboxylic acids is 1. The number of piperidine rings is 1. The number of hydrogen-bond acceptors (Lipinski definition) is 3. The van der Waals surface area contributed by atoms with Crippen LogP contribution < -0.4 is 10.6 Å². The molecule has 4 nitrogen and oxygen atoms in total. The highest BCUT2D eigenvalue weighted by Crippen LogP contribution is 2.39. The third kappa shape index (κ3) is 3.96. The minimum absolute atomic E-state index is 0.322. The standard InChI is InChI=1S/C20H34N2O2/c23-20(10-14-1-2-17-12-21-7-5-15(17)9-14)22-19-4-3-18-13-24-8-6-16(18)11-19/h14-19,21H,1-13H2,(H,22,23). The van der Waals surface area contributed by atoms with Gasteiger partial charge in [0.2, 0.25) is 5.91 Å². The Morgan fingerprint density at radius 1 is 0.958 bits per heavy atom. The van der Waals surface area contributed by atoms with E-state index in [0.717, 1.165) is 49.7 Å². The van der Waals surface area contributed by atoms with Gasteiger partial charge in [-0.1, -0.05) is 0 Å². The van der Waals surface area contributed by atoms with Crippen LogP contribution in [-0.4, -0.2) is 38.3 Å². The lowest BCUT2D eigenvalue weighted by Gasteiger charge is -2.40. The monoisotopic (exact) mass is 334 g/mol. The van der Waals surface area contributed by atoms with Crippen LogP contribution in [0.5, 0.6) is 0 Å². The average molecular weight is 335 g/mol. The number of ether oxygens (including phenoxy) is 1. The third-order valence-corrected chi connectivity index (χ3v) is 7.29. The number of rotatable bonds is 3. The van der Waals surface area contributed by atoms with Gasteiger partial charge < -0.3 is 15.4 Å². The topological polar surface area (TPSA) is 50.4 Å². The van der Waals surface area contributed by atoms with Gasteiger partial charge in [-0.2, -0.15) is 0 Å². The molecule has 0 spiro atoms. The van der Waals surface area contributed by atoms with Crippen LogP contribution in [-0.2, 0) is 9.53 Å². The van der Waals surface area contributed by atoms with E-state index in [1.54, 1.807) is 0 Å². The minimum atomic E-state index is 0.322. The predicted octanol–water partition coefficient (Wildman–Crippen LogP) is 2.72. The molecule has 136 valence electrons. The van der Waals surface area contributed by atoms with Gasteiger partial charge in [0, 0.05) is 25.7 Å². The Balaban J connectivity index is 1.22. The largest absolute Gasteiger partial charge is 0.381 e. The highest BCUT2D eigenvalue weighted by atomic mass is 16.5. The molecule has 6 unspecified atom stereocenters. The molecule has 4 rings (SSSR count). The third-order valence-electron chi connectivity index (χ3n) is 7.29. The maximum absolute atomic E-state index is 12.6. The number of hydrogen-bond donors (Lipinski definition) is 2. The van der Waals surface area contributed by atoms with Crippen LogP contribution in [0.1, 0.15) is 57.8 Å². The Labute approximate surface area is 146 Å². The molecule has 4 aliphatic rings. The summed E-state index contributed by atoms with van der Waals surface area (Å²) in [5, 5.41) is 6.91. The van der Waals surface area contributed by atoms with Crippen molar-refractivity contribution in [3.05, 3.63) is 0 Å². The van der Waals surface area contributed by atoms with Crippen molar-refractivity contribution < 1.29 is 9.53 Å². The Morgan fingerprint density at radius 2 is 1.83 bits per heavy atom. The summed E-state index contributed by atoms with van der Waals surface area (Å²) in [5.41, 5.74) is 0. The molecule has 0 aromatic rings. The first-order valence-electron chi connectivity index (χ1n) is 10.4. The second kappa shape index (κ2) is 7.74. The summed E-state index contributed by atoms with van der Waals surface area (Å²) in [7, 11) is 0. The van der Waals surface area contributed by atoms with Crippen molar-refractivity contribution in [1.29, 1.82) is 0 Å². The number of nitrogens with one attached hydrogen (secondary N) is 2. The zero-order valence-corrected chi connectivity index (χ0v) is 15.0. The van der Waals surface area contributed by atoms with E-state index in [-0.39, 0.29) is 0 Å². The van der Waals surface area contributed by atoms with E-state index in [2.05, 4.69) is 10.6 Å². The van der Waals surface area contributed by atoms with Crippen molar-refractivity contribution in [2.75, 3.05) is 26.3 Å². The predicted molar refractivity (Wildman–Crippen MR) is 94.6 cm³/mol. The number of amides is 1. The summed E-state index contributed by atoms with van der Waals surface area (Å²) in [6, 6.07) is 0.423. The fourth-order valence-electron chi connectivity index (χ4n) is 5.86. The molecule has 0 aromatic heterocycles. The quantitative estimate of drug-likeness (QED) is 0.834. The van der Waals surface area contributed by atoms with E-state index < -0.39 is 0 Å². The SMILES string of the molecule is O=C(CC1CCC2CNCCC2C1)NC1CCC2COCCC2C1. The molecule has 2 saturated heterocycles. The first kappa shape index (κ1) is 16.8. The van der Waals surface area contributed by atoms with Crippen LogP contribution in [0.3, 0.4) is 0 Å². The molecule has 2 aliphatic carbocycles. The second-order valence-corrected chi connectivity index (χ2v) is 8.86. The maximum atomic E-state index is 12.6. The fraction of sp³-hybridized carbons (Fsp3) is 0.950. The Kier molecular flexibility index (Phi) is 5.43. The van der Waals surface area contributed by atoms with Gasteiger partial charge in [-0.05, 0) is 94.0 Å². The molecule has 24 heavy (non-hydrogen) atoms. The van der Waals surface area contributed by atoms with E-state index in [4.69, 9.17) is 4.74 Å². The van der Waals surface area contributed by atoms with Crippen LogP contribution in [0.15, 0.2) is 0 Å². The molecule has 0 aromatic carbocycles. The summed E-state index contributed by atoms with van der Waals surface area (Å²) in [6.07, 6.45) is 10.7. The van der Waals surface area contributed by atoms with Crippen LogP contribution in [0, 0.1) is 29.6 Å². The van der Waals surface area contributed by atoms with E-state index in [0.29, 0.717) is 17.9 Å². The summed E-state index contributed by atoms with van der Waals surface area (Å²) in [4.78, 5) is 12.6. The van der Waals surface area contributed by atoms with Gasteiger partial charge in [0.05, 0.1) is 0 Å². The molecule has 2 aliphatic heterocycles. The van der Waals surface area contributed by atoms with Gasteiger partial charge in [0.1, 0.15) is 0 Å². The first-order chi connectivity index (χ1) is 11.8. The average Bonchev–Trinajstić information content (AvgIpc) is 2.61. The molecular weight excluding hydrogens is 300 g/mol. The van der Waals surface area contributed by atoms with Gasteiger partial charge in [-0.15, -0.1) is 0 Å². The molecular formula is C20H34N2O2. The van der Waals surface area contributed by atoms with Crippen LogP contribution in [0.25, 0.3) is 0 Å². The van der Waals surface area contributed by atoms with Gasteiger partial charge in [-0.3, -0.25) is 4.79 Å². The molecule has 0 radical (unpaired) electrons. The molecule has 4 heteroatoms.